The molecule has 4 heteroatoms. The number of aromatic nitrogens is 1. The fourth-order valence-corrected chi connectivity index (χ4v) is 4.09. The van der Waals surface area contributed by atoms with Gasteiger partial charge >= 0.3 is 0 Å². The molecule has 27 heavy (non-hydrogen) atoms. The molecule has 0 amide bonds. The molecule has 5 rings (SSSR count). The molecule has 0 bridgehead atoms. The topological polar surface area (TPSA) is 40.9 Å². The van der Waals surface area contributed by atoms with E-state index in [2.05, 4.69) is 53.2 Å². The Morgan fingerprint density at radius 1 is 0.963 bits per heavy atom. The predicted octanol–water partition coefficient (Wildman–Crippen LogP) is 3.94. The molecule has 2 aromatic carbocycles. The maximum Gasteiger partial charge on any atom is 0.155 e. The third kappa shape index (κ3) is 3.06. The summed E-state index contributed by atoms with van der Waals surface area (Å²) in [5, 5.41) is 2.55. The first-order valence-corrected chi connectivity index (χ1v) is 9.54. The molecule has 0 N–H and O–H groups in total. The highest BCUT2D eigenvalue weighted by Crippen LogP contribution is 2.28. The zero-order valence-corrected chi connectivity index (χ0v) is 15.5. The van der Waals surface area contributed by atoms with Gasteiger partial charge in [0.1, 0.15) is 0 Å². The number of amidine groups is 1. The number of hydrogen-bond acceptors (Lipinski definition) is 4. The monoisotopic (exact) mass is 354 g/mol. The first-order valence-electron chi connectivity index (χ1n) is 9.54. The van der Waals surface area contributed by atoms with Gasteiger partial charge in [-0.3, -0.25) is 14.9 Å². The van der Waals surface area contributed by atoms with E-state index < -0.39 is 0 Å². The quantitative estimate of drug-likeness (QED) is 0.712. The molecule has 134 valence electrons. The van der Waals surface area contributed by atoms with Crippen molar-refractivity contribution in [3.8, 4) is 0 Å². The summed E-state index contributed by atoms with van der Waals surface area (Å²) >= 11 is 0. The van der Waals surface area contributed by atoms with Crippen molar-refractivity contribution < 1.29 is 0 Å². The summed E-state index contributed by atoms with van der Waals surface area (Å²) in [5.41, 5.74) is 4.61. The van der Waals surface area contributed by atoms with Crippen molar-refractivity contribution in [3.63, 3.8) is 0 Å². The largest absolute Gasteiger partial charge is 0.298 e. The van der Waals surface area contributed by atoms with Gasteiger partial charge in [0.2, 0.25) is 0 Å². The number of aliphatic imine (C=N–C) groups is 2. The smallest absolute Gasteiger partial charge is 0.155 e. The van der Waals surface area contributed by atoms with Crippen molar-refractivity contribution >= 4 is 22.3 Å². The van der Waals surface area contributed by atoms with Crippen molar-refractivity contribution in [2.45, 2.75) is 13.5 Å². The van der Waals surface area contributed by atoms with E-state index in [4.69, 9.17) is 9.98 Å². The van der Waals surface area contributed by atoms with Gasteiger partial charge < -0.3 is 0 Å². The van der Waals surface area contributed by atoms with Crippen LogP contribution in [-0.2, 0) is 6.54 Å². The molecule has 0 unspecified atom stereocenters. The minimum atomic E-state index is 0.626. The van der Waals surface area contributed by atoms with Crippen LogP contribution >= 0.6 is 0 Å². The third-order valence-corrected chi connectivity index (χ3v) is 5.42. The van der Waals surface area contributed by atoms with Crippen molar-refractivity contribution in [1.82, 2.24) is 9.88 Å². The fraction of sp³-hybridized carbons (Fsp3) is 0.261. The van der Waals surface area contributed by atoms with Crippen LogP contribution in [0.2, 0.25) is 0 Å². The SMILES string of the molecule is CC1CN(Cc2ccc(C3=NCC(c4ccncc4)=N3)c3ccccc23)C1. The second kappa shape index (κ2) is 6.71. The first-order chi connectivity index (χ1) is 13.3. The van der Waals surface area contributed by atoms with Crippen LogP contribution in [0.15, 0.2) is 70.9 Å². The number of rotatable bonds is 4. The standard InChI is InChI=1S/C23H22N4/c1-16-13-27(14-16)15-18-6-7-21(20-5-3-2-4-19(18)20)23-25-12-22(26-23)17-8-10-24-11-9-17/h2-11,16H,12-15H2,1H3. The third-order valence-electron chi connectivity index (χ3n) is 5.42. The van der Waals surface area contributed by atoms with E-state index >= 15 is 0 Å². The number of likely N-dealkylation sites (tertiary alicyclic amines) is 1. The second-order valence-corrected chi connectivity index (χ2v) is 7.55. The minimum Gasteiger partial charge on any atom is -0.298 e. The zero-order valence-electron chi connectivity index (χ0n) is 15.5. The molecule has 2 aliphatic heterocycles. The van der Waals surface area contributed by atoms with Crippen molar-refractivity contribution in [3.05, 3.63) is 77.6 Å². The van der Waals surface area contributed by atoms with Crippen LogP contribution in [0.1, 0.15) is 23.6 Å². The Balaban J connectivity index is 1.50. The van der Waals surface area contributed by atoms with Crippen LogP contribution in [0.3, 0.4) is 0 Å². The molecule has 3 aromatic rings. The first kappa shape index (κ1) is 16.3. The fourth-order valence-electron chi connectivity index (χ4n) is 4.09. The summed E-state index contributed by atoms with van der Waals surface area (Å²) in [6.45, 7) is 6.35. The predicted molar refractivity (Wildman–Crippen MR) is 111 cm³/mol. The Bertz CT molecular complexity index is 1050. The molecule has 1 fully saturated rings. The van der Waals surface area contributed by atoms with Crippen LogP contribution in [0, 0.1) is 5.92 Å². The van der Waals surface area contributed by atoms with Gasteiger partial charge in [0.05, 0.1) is 12.3 Å². The second-order valence-electron chi connectivity index (χ2n) is 7.55. The summed E-state index contributed by atoms with van der Waals surface area (Å²) in [6, 6.07) is 17.1. The van der Waals surface area contributed by atoms with Crippen LogP contribution in [0.25, 0.3) is 10.8 Å². The van der Waals surface area contributed by atoms with E-state index in [9.17, 15) is 0 Å². The van der Waals surface area contributed by atoms with Crippen LogP contribution in [-0.4, -0.2) is 41.1 Å². The molecule has 0 spiro atoms. The summed E-state index contributed by atoms with van der Waals surface area (Å²) in [4.78, 5) is 16.2. The average Bonchev–Trinajstić information content (AvgIpc) is 3.17. The maximum absolute atomic E-state index is 4.84. The van der Waals surface area contributed by atoms with Crippen molar-refractivity contribution in [2.24, 2.45) is 15.9 Å². The Labute approximate surface area is 159 Å². The molecule has 1 aromatic heterocycles. The summed E-state index contributed by atoms with van der Waals surface area (Å²) < 4.78 is 0. The Hall–Kier alpha value is -2.85. The van der Waals surface area contributed by atoms with E-state index in [-0.39, 0.29) is 0 Å². The Morgan fingerprint density at radius 2 is 1.74 bits per heavy atom. The van der Waals surface area contributed by atoms with Crippen LogP contribution in [0.4, 0.5) is 0 Å². The average molecular weight is 354 g/mol. The highest BCUT2D eigenvalue weighted by molar-refractivity contribution is 6.20. The van der Waals surface area contributed by atoms with Crippen molar-refractivity contribution in [2.75, 3.05) is 19.6 Å². The van der Waals surface area contributed by atoms with Gasteiger partial charge in [0.15, 0.2) is 5.84 Å². The number of nitrogens with zero attached hydrogens (tertiary/aromatic N) is 4. The Morgan fingerprint density at radius 3 is 2.52 bits per heavy atom. The van der Waals surface area contributed by atoms with E-state index in [1.54, 1.807) is 12.4 Å². The van der Waals surface area contributed by atoms with Gasteiger partial charge in [-0.15, -0.1) is 0 Å². The van der Waals surface area contributed by atoms with E-state index in [1.165, 1.54) is 29.4 Å². The maximum atomic E-state index is 4.84. The van der Waals surface area contributed by atoms with Gasteiger partial charge in [-0.05, 0) is 34.4 Å². The molecule has 0 aliphatic carbocycles. The number of hydrogen-bond donors (Lipinski definition) is 0. The number of pyridine rings is 1. The molecular formula is C23H22N4. The Kier molecular flexibility index (Phi) is 4.06. The van der Waals surface area contributed by atoms with Crippen LogP contribution in [0.5, 0.6) is 0 Å². The highest BCUT2D eigenvalue weighted by atomic mass is 15.2. The van der Waals surface area contributed by atoms with Crippen molar-refractivity contribution in [1.29, 1.82) is 0 Å². The lowest BCUT2D eigenvalue weighted by molar-refractivity contribution is 0.105. The highest BCUT2D eigenvalue weighted by Gasteiger charge is 2.23. The minimum absolute atomic E-state index is 0.626. The van der Waals surface area contributed by atoms with E-state index in [0.717, 1.165) is 35.1 Å². The van der Waals surface area contributed by atoms with Gasteiger partial charge in [-0.25, -0.2) is 4.99 Å². The normalized spacial score (nSPS) is 17.7. The molecule has 0 saturated carbocycles. The molecule has 0 atom stereocenters. The lowest BCUT2D eigenvalue weighted by Crippen LogP contribution is -2.44. The van der Waals surface area contributed by atoms with Gasteiger partial charge in [-0.1, -0.05) is 43.3 Å². The van der Waals surface area contributed by atoms with Gasteiger partial charge in [0, 0.05) is 43.2 Å². The van der Waals surface area contributed by atoms with Gasteiger partial charge in [-0.2, -0.15) is 0 Å². The summed E-state index contributed by atoms with van der Waals surface area (Å²) in [5.74, 6) is 1.66. The molecule has 4 nitrogen and oxygen atoms in total. The van der Waals surface area contributed by atoms with Gasteiger partial charge in [0.25, 0.3) is 0 Å². The van der Waals surface area contributed by atoms with E-state index in [0.29, 0.717) is 6.54 Å². The lowest BCUT2D eigenvalue weighted by Gasteiger charge is -2.37. The lowest BCUT2D eigenvalue weighted by atomic mass is 9.96. The molecule has 0 radical (unpaired) electrons. The number of fused-ring (bicyclic) bond motifs is 1. The molecular weight excluding hydrogens is 332 g/mol. The number of benzene rings is 2. The molecule has 3 heterocycles. The van der Waals surface area contributed by atoms with Crippen LogP contribution < -0.4 is 0 Å². The summed E-state index contributed by atoms with van der Waals surface area (Å²) in [6.07, 6.45) is 3.60. The van der Waals surface area contributed by atoms with E-state index in [1.807, 2.05) is 12.1 Å². The molecule has 2 aliphatic rings. The summed E-state index contributed by atoms with van der Waals surface area (Å²) in [7, 11) is 0. The molecule has 1 saturated heterocycles. The zero-order chi connectivity index (χ0) is 18.2.